The first-order valence-corrected chi connectivity index (χ1v) is 8.12. The van der Waals surface area contributed by atoms with Crippen molar-refractivity contribution in [3.8, 4) is 0 Å². The summed E-state index contributed by atoms with van der Waals surface area (Å²) in [5.74, 6) is -0.406. The second-order valence-electron chi connectivity index (χ2n) is 4.54. The average Bonchev–Trinajstić information content (AvgIpc) is 2.87. The molecule has 2 rings (SSSR count). The molecule has 0 atom stereocenters. The van der Waals surface area contributed by atoms with Crippen LogP contribution in [0.5, 0.6) is 0 Å². The average molecular weight is 308 g/mol. The molecule has 1 heterocycles. The summed E-state index contributed by atoms with van der Waals surface area (Å²) in [7, 11) is -3.31. The summed E-state index contributed by atoms with van der Waals surface area (Å²) in [6.45, 7) is 1.03. The molecule has 21 heavy (non-hydrogen) atoms. The number of nitrogens with zero attached hydrogens (tertiary/aromatic N) is 2. The van der Waals surface area contributed by atoms with Gasteiger partial charge in [-0.3, -0.25) is 4.79 Å². The van der Waals surface area contributed by atoms with Gasteiger partial charge < -0.3 is 15.6 Å². The molecule has 0 aliphatic rings. The van der Waals surface area contributed by atoms with Gasteiger partial charge >= 0.3 is 0 Å². The largest absolute Gasteiger partial charge is 0.335 e. The van der Waals surface area contributed by atoms with Crippen molar-refractivity contribution in [1.82, 2.24) is 9.55 Å². The molecule has 112 valence electrons. The molecule has 1 aromatic carbocycles. The number of nitrogens with one attached hydrogen (secondary N) is 1. The fourth-order valence-corrected chi connectivity index (χ4v) is 2.42. The summed E-state index contributed by atoms with van der Waals surface area (Å²) in [5.41, 5.74) is 6.06. The van der Waals surface area contributed by atoms with Crippen LogP contribution < -0.4 is 11.1 Å². The Labute approximate surface area is 122 Å². The van der Waals surface area contributed by atoms with Crippen LogP contribution in [0, 0.1) is 0 Å². The van der Waals surface area contributed by atoms with Crippen molar-refractivity contribution in [2.45, 2.75) is 11.4 Å². The Morgan fingerprint density at radius 3 is 2.86 bits per heavy atom. The van der Waals surface area contributed by atoms with Crippen LogP contribution in [0.3, 0.4) is 0 Å². The molecule has 1 aromatic heterocycles. The first kappa shape index (κ1) is 15.2. The van der Waals surface area contributed by atoms with Gasteiger partial charge in [-0.05, 0) is 18.2 Å². The minimum atomic E-state index is -3.31. The second kappa shape index (κ2) is 6.06. The number of amides is 1. The molecule has 2 aromatic rings. The third-order valence-corrected chi connectivity index (χ3v) is 3.88. The van der Waals surface area contributed by atoms with Crippen LogP contribution in [0.2, 0.25) is 0 Å². The van der Waals surface area contributed by atoms with Crippen LogP contribution in [0.1, 0.15) is 10.5 Å². The predicted molar refractivity (Wildman–Crippen MR) is 78.8 cm³/mol. The van der Waals surface area contributed by atoms with Crippen LogP contribution in [0.15, 0.2) is 41.7 Å². The Hall–Kier alpha value is -2.19. The maximum Gasteiger partial charge on any atom is 0.275 e. The van der Waals surface area contributed by atoms with Crippen molar-refractivity contribution in [3.63, 3.8) is 0 Å². The van der Waals surface area contributed by atoms with Gasteiger partial charge in [-0.1, -0.05) is 6.07 Å². The number of carbonyl (C=O) groups excluding carboxylic acids is 1. The van der Waals surface area contributed by atoms with Crippen molar-refractivity contribution in [2.24, 2.45) is 5.73 Å². The number of anilines is 1. The Morgan fingerprint density at radius 1 is 1.43 bits per heavy atom. The summed E-state index contributed by atoms with van der Waals surface area (Å²) in [5, 5.41) is 2.62. The Kier molecular flexibility index (Phi) is 4.39. The van der Waals surface area contributed by atoms with E-state index in [1.54, 1.807) is 22.9 Å². The van der Waals surface area contributed by atoms with E-state index < -0.39 is 15.7 Å². The van der Waals surface area contributed by atoms with Crippen molar-refractivity contribution >= 4 is 21.4 Å². The lowest BCUT2D eigenvalue weighted by atomic mass is 10.3. The minimum Gasteiger partial charge on any atom is -0.335 e. The van der Waals surface area contributed by atoms with E-state index in [2.05, 4.69) is 10.3 Å². The Morgan fingerprint density at radius 2 is 2.19 bits per heavy atom. The van der Waals surface area contributed by atoms with Crippen molar-refractivity contribution in [3.05, 3.63) is 42.5 Å². The first-order valence-electron chi connectivity index (χ1n) is 6.23. The fraction of sp³-hybridized carbons (Fsp3) is 0.231. The van der Waals surface area contributed by atoms with Gasteiger partial charge in [-0.15, -0.1) is 0 Å². The predicted octanol–water partition coefficient (Wildman–Crippen LogP) is 0.498. The van der Waals surface area contributed by atoms with Gasteiger partial charge in [0.1, 0.15) is 5.69 Å². The third-order valence-electron chi connectivity index (χ3n) is 2.77. The van der Waals surface area contributed by atoms with Crippen molar-refractivity contribution < 1.29 is 13.2 Å². The highest BCUT2D eigenvalue weighted by Gasteiger charge is 2.12. The van der Waals surface area contributed by atoms with E-state index in [-0.39, 0.29) is 10.6 Å². The zero-order valence-corrected chi connectivity index (χ0v) is 12.3. The topological polar surface area (TPSA) is 107 Å². The monoisotopic (exact) mass is 308 g/mol. The molecule has 0 fully saturated rings. The maximum absolute atomic E-state index is 12.0. The summed E-state index contributed by atoms with van der Waals surface area (Å²) < 4.78 is 24.7. The molecule has 0 bridgehead atoms. The quantitative estimate of drug-likeness (QED) is 0.836. The summed E-state index contributed by atoms with van der Waals surface area (Å²) in [4.78, 5) is 16.2. The highest BCUT2D eigenvalue weighted by molar-refractivity contribution is 7.90. The van der Waals surface area contributed by atoms with Gasteiger partial charge in [0, 0.05) is 31.2 Å². The van der Waals surface area contributed by atoms with E-state index in [0.29, 0.717) is 18.8 Å². The van der Waals surface area contributed by atoms with E-state index >= 15 is 0 Å². The van der Waals surface area contributed by atoms with Crippen molar-refractivity contribution in [2.75, 3.05) is 18.1 Å². The van der Waals surface area contributed by atoms with Gasteiger partial charge in [-0.25, -0.2) is 13.4 Å². The molecule has 0 radical (unpaired) electrons. The van der Waals surface area contributed by atoms with Gasteiger partial charge in [0.15, 0.2) is 9.84 Å². The van der Waals surface area contributed by atoms with Crippen LogP contribution >= 0.6 is 0 Å². The summed E-state index contributed by atoms with van der Waals surface area (Å²) in [6.07, 6.45) is 4.22. The number of rotatable bonds is 5. The van der Waals surface area contributed by atoms with Gasteiger partial charge in [-0.2, -0.15) is 0 Å². The fourth-order valence-electron chi connectivity index (χ4n) is 1.75. The van der Waals surface area contributed by atoms with E-state index in [0.717, 1.165) is 6.26 Å². The number of aromatic nitrogens is 2. The van der Waals surface area contributed by atoms with Gasteiger partial charge in [0.2, 0.25) is 0 Å². The normalized spacial score (nSPS) is 11.3. The highest BCUT2D eigenvalue weighted by Crippen LogP contribution is 2.16. The maximum atomic E-state index is 12.0. The lowest BCUT2D eigenvalue weighted by Gasteiger charge is -2.05. The first-order chi connectivity index (χ1) is 9.90. The number of imidazole rings is 1. The number of nitrogens with two attached hydrogens (primary N) is 1. The van der Waals surface area contributed by atoms with Crippen LogP contribution in [0.25, 0.3) is 0 Å². The second-order valence-corrected chi connectivity index (χ2v) is 6.56. The zero-order valence-electron chi connectivity index (χ0n) is 11.5. The number of hydrogen-bond donors (Lipinski definition) is 2. The molecule has 0 aliphatic carbocycles. The third kappa shape index (κ3) is 3.89. The molecule has 8 heteroatoms. The Bertz CT molecular complexity index is 752. The standard InChI is InChI=1S/C13H16N4O3S/c1-21(19,20)11-4-2-3-10(7-11)16-13(18)12-8-17(6-5-14)9-15-12/h2-4,7-9H,5-6,14H2,1H3,(H,16,18). The van der Waals surface area contributed by atoms with Gasteiger partial charge in [0.25, 0.3) is 5.91 Å². The molecule has 3 N–H and O–H groups in total. The SMILES string of the molecule is CS(=O)(=O)c1cccc(NC(=O)c2cn(CCN)cn2)c1. The molecular weight excluding hydrogens is 292 g/mol. The number of benzene rings is 1. The minimum absolute atomic E-state index is 0.147. The number of sulfone groups is 1. The molecular formula is C13H16N4O3S. The molecule has 0 unspecified atom stereocenters. The molecule has 0 aliphatic heterocycles. The van der Waals surface area contributed by atoms with Crippen molar-refractivity contribution in [1.29, 1.82) is 0 Å². The highest BCUT2D eigenvalue weighted by atomic mass is 32.2. The zero-order chi connectivity index (χ0) is 15.5. The van der Waals surface area contributed by atoms with E-state index in [1.165, 1.54) is 18.5 Å². The molecule has 0 saturated heterocycles. The lowest BCUT2D eigenvalue weighted by molar-refractivity contribution is 0.102. The molecule has 0 spiro atoms. The van der Waals surface area contributed by atoms with Crippen LogP contribution in [-0.2, 0) is 16.4 Å². The summed E-state index contributed by atoms with van der Waals surface area (Å²) in [6, 6.07) is 6.06. The molecule has 0 saturated carbocycles. The lowest BCUT2D eigenvalue weighted by Crippen LogP contribution is -2.13. The molecule has 1 amide bonds. The number of carbonyl (C=O) groups is 1. The van der Waals surface area contributed by atoms with E-state index in [4.69, 9.17) is 5.73 Å². The smallest absolute Gasteiger partial charge is 0.275 e. The van der Waals surface area contributed by atoms with E-state index in [9.17, 15) is 13.2 Å². The van der Waals surface area contributed by atoms with Gasteiger partial charge in [0.05, 0.1) is 11.2 Å². The number of hydrogen-bond acceptors (Lipinski definition) is 5. The Balaban J connectivity index is 2.15. The van der Waals surface area contributed by atoms with E-state index in [1.807, 2.05) is 0 Å². The van der Waals surface area contributed by atoms with Crippen LogP contribution in [0.4, 0.5) is 5.69 Å². The van der Waals surface area contributed by atoms with Crippen LogP contribution in [-0.4, -0.2) is 36.7 Å². The summed E-state index contributed by atoms with van der Waals surface area (Å²) >= 11 is 0. The molecule has 7 nitrogen and oxygen atoms in total.